The Bertz CT molecular complexity index is 925. The average Bonchev–Trinajstić information content (AvgIpc) is 2.58. The van der Waals surface area contributed by atoms with Gasteiger partial charge in [0.15, 0.2) is 0 Å². The number of aryl methyl sites for hydroxylation is 1. The van der Waals surface area contributed by atoms with E-state index in [1.165, 1.54) is 11.1 Å². The number of nitrogens with zero attached hydrogens (tertiary/aromatic N) is 2. The third kappa shape index (κ3) is 2.92. The maximum Gasteiger partial charge on any atom is 0.348 e. The van der Waals surface area contributed by atoms with Crippen molar-refractivity contribution in [2.75, 3.05) is 7.11 Å². The van der Waals surface area contributed by atoms with E-state index < -0.39 is 0 Å². The molecule has 3 aromatic rings. The van der Waals surface area contributed by atoms with E-state index >= 15 is 0 Å². The summed E-state index contributed by atoms with van der Waals surface area (Å²) in [4.78, 5) is 16.5. The first-order chi connectivity index (χ1) is 11.5. The number of fused-ring (bicyclic) bond motifs is 1. The topological polar surface area (TPSA) is 44.1 Å². The van der Waals surface area contributed by atoms with Crippen molar-refractivity contribution in [3.63, 3.8) is 0 Å². The fraction of sp³-hybridized carbons (Fsp3) is 0.300. The Morgan fingerprint density at radius 1 is 1.12 bits per heavy atom. The van der Waals surface area contributed by atoms with Crippen LogP contribution in [0.25, 0.3) is 10.9 Å². The summed E-state index contributed by atoms with van der Waals surface area (Å²) < 4.78 is 6.84. The smallest absolute Gasteiger partial charge is 0.348 e. The van der Waals surface area contributed by atoms with Gasteiger partial charge in [-0.1, -0.05) is 38.1 Å². The lowest BCUT2D eigenvalue weighted by Gasteiger charge is -2.15. The number of aromatic nitrogens is 2. The van der Waals surface area contributed by atoms with Gasteiger partial charge in [0.2, 0.25) is 0 Å². The number of methoxy groups -OCH3 is 1. The lowest BCUT2D eigenvalue weighted by molar-refractivity contribution is 0.414. The molecule has 0 fully saturated rings. The highest BCUT2D eigenvalue weighted by Crippen LogP contribution is 2.27. The Balaban J connectivity index is 2.17. The molecular formula is C20H22N2O2. The Morgan fingerprint density at radius 2 is 1.83 bits per heavy atom. The van der Waals surface area contributed by atoms with Crippen LogP contribution in [0.15, 0.2) is 47.3 Å². The van der Waals surface area contributed by atoms with Crippen molar-refractivity contribution in [1.29, 1.82) is 0 Å². The largest absolute Gasteiger partial charge is 0.497 e. The van der Waals surface area contributed by atoms with Crippen LogP contribution in [0.4, 0.5) is 0 Å². The highest BCUT2D eigenvalue weighted by molar-refractivity contribution is 5.85. The summed E-state index contributed by atoms with van der Waals surface area (Å²) >= 11 is 0. The molecule has 0 saturated heterocycles. The first-order valence-electron chi connectivity index (χ1n) is 8.12. The molecule has 0 aliphatic carbocycles. The van der Waals surface area contributed by atoms with Crippen LogP contribution in [0.3, 0.4) is 0 Å². The fourth-order valence-electron chi connectivity index (χ4n) is 3.03. The Hall–Kier alpha value is -2.62. The zero-order valence-electron chi connectivity index (χ0n) is 14.5. The number of ether oxygens (including phenoxy) is 1. The molecule has 0 atom stereocenters. The van der Waals surface area contributed by atoms with Crippen LogP contribution >= 0.6 is 0 Å². The molecule has 24 heavy (non-hydrogen) atoms. The third-order valence-corrected chi connectivity index (χ3v) is 4.35. The third-order valence-electron chi connectivity index (χ3n) is 4.35. The monoisotopic (exact) mass is 322 g/mol. The second-order valence-corrected chi connectivity index (χ2v) is 6.33. The minimum absolute atomic E-state index is 0.193. The molecular weight excluding hydrogens is 300 g/mol. The van der Waals surface area contributed by atoms with Gasteiger partial charge in [-0.3, -0.25) is 4.57 Å². The van der Waals surface area contributed by atoms with Crippen molar-refractivity contribution < 1.29 is 4.74 Å². The Morgan fingerprint density at radius 3 is 2.46 bits per heavy atom. The molecule has 0 amide bonds. The molecule has 0 aliphatic rings. The van der Waals surface area contributed by atoms with E-state index in [2.05, 4.69) is 37.0 Å². The summed E-state index contributed by atoms with van der Waals surface area (Å²) in [5.74, 6) is 1.04. The second-order valence-electron chi connectivity index (χ2n) is 6.33. The van der Waals surface area contributed by atoms with E-state index in [9.17, 15) is 4.79 Å². The van der Waals surface area contributed by atoms with Gasteiger partial charge in [-0.25, -0.2) is 4.79 Å². The second kappa shape index (κ2) is 6.48. The summed E-state index contributed by atoms with van der Waals surface area (Å²) in [6.07, 6.45) is 0.793. The number of rotatable bonds is 4. The molecule has 1 aromatic heterocycles. The molecule has 3 rings (SSSR count). The van der Waals surface area contributed by atoms with E-state index in [0.29, 0.717) is 0 Å². The lowest BCUT2D eigenvalue weighted by Crippen LogP contribution is -2.23. The molecule has 4 heteroatoms. The molecule has 4 nitrogen and oxygen atoms in total. The summed E-state index contributed by atoms with van der Waals surface area (Å²) in [7, 11) is 3.44. The van der Waals surface area contributed by atoms with Gasteiger partial charge in [-0.2, -0.15) is 4.98 Å². The van der Waals surface area contributed by atoms with Crippen molar-refractivity contribution in [1.82, 2.24) is 9.55 Å². The van der Waals surface area contributed by atoms with Gasteiger partial charge in [-0.05, 0) is 41.7 Å². The fourth-order valence-corrected chi connectivity index (χ4v) is 3.03. The Labute approximate surface area is 141 Å². The molecule has 0 radical (unpaired) electrons. The lowest BCUT2D eigenvalue weighted by atomic mass is 9.96. The van der Waals surface area contributed by atoms with Crippen LogP contribution in [0.2, 0.25) is 0 Å². The quantitative estimate of drug-likeness (QED) is 0.736. The van der Waals surface area contributed by atoms with Gasteiger partial charge < -0.3 is 4.74 Å². The highest BCUT2D eigenvalue weighted by Gasteiger charge is 2.15. The minimum atomic E-state index is -0.201. The van der Waals surface area contributed by atoms with Gasteiger partial charge >= 0.3 is 5.69 Å². The summed E-state index contributed by atoms with van der Waals surface area (Å²) in [6, 6.07) is 14.2. The van der Waals surface area contributed by atoms with Crippen molar-refractivity contribution >= 4 is 10.9 Å². The normalized spacial score (nSPS) is 11.2. The SMILES string of the molecule is COc1ccc(Cc2cccc3c2c(C(C)C)nc(=O)n3C)cc1. The molecule has 0 bridgehead atoms. The van der Waals surface area contributed by atoms with Crippen molar-refractivity contribution in [2.24, 2.45) is 7.05 Å². The molecule has 0 unspecified atom stereocenters. The summed E-state index contributed by atoms with van der Waals surface area (Å²) in [6.45, 7) is 4.15. The molecule has 0 aliphatic heterocycles. The minimum Gasteiger partial charge on any atom is -0.497 e. The number of hydrogen-bond donors (Lipinski definition) is 0. The van der Waals surface area contributed by atoms with E-state index in [1.54, 1.807) is 18.7 Å². The van der Waals surface area contributed by atoms with Crippen LogP contribution in [-0.4, -0.2) is 16.7 Å². The number of benzene rings is 2. The standard InChI is InChI=1S/C20H22N2O2/c1-13(2)19-18-15(12-14-8-10-16(24-4)11-9-14)6-5-7-17(18)22(3)20(23)21-19/h5-11,13H,12H2,1-4H3. The molecule has 124 valence electrons. The molecule has 1 heterocycles. The van der Waals surface area contributed by atoms with E-state index in [-0.39, 0.29) is 11.6 Å². The van der Waals surface area contributed by atoms with E-state index in [1.807, 2.05) is 24.3 Å². The van der Waals surface area contributed by atoms with Crippen LogP contribution in [0.1, 0.15) is 36.6 Å². The molecule has 2 aromatic carbocycles. The summed E-state index contributed by atoms with van der Waals surface area (Å²) in [5.41, 5.74) is 3.99. The predicted octanol–water partition coefficient (Wildman–Crippen LogP) is 3.66. The average molecular weight is 322 g/mol. The van der Waals surface area contributed by atoms with Crippen LogP contribution in [0, 0.1) is 0 Å². The van der Waals surface area contributed by atoms with Crippen molar-refractivity contribution in [3.8, 4) is 5.75 Å². The maximum absolute atomic E-state index is 12.1. The van der Waals surface area contributed by atoms with Gasteiger partial charge in [0.1, 0.15) is 5.75 Å². The number of hydrogen-bond acceptors (Lipinski definition) is 3. The summed E-state index contributed by atoms with van der Waals surface area (Å²) in [5, 5.41) is 1.09. The van der Waals surface area contributed by atoms with Gasteiger partial charge in [0.05, 0.1) is 18.3 Å². The van der Waals surface area contributed by atoms with E-state index in [4.69, 9.17) is 4.74 Å². The van der Waals surface area contributed by atoms with Crippen molar-refractivity contribution in [3.05, 3.63) is 69.8 Å². The predicted molar refractivity (Wildman–Crippen MR) is 96.9 cm³/mol. The van der Waals surface area contributed by atoms with Crippen molar-refractivity contribution in [2.45, 2.75) is 26.2 Å². The Kier molecular flexibility index (Phi) is 4.38. The van der Waals surface area contributed by atoms with Gasteiger partial charge in [-0.15, -0.1) is 0 Å². The van der Waals surface area contributed by atoms with Crippen LogP contribution in [0.5, 0.6) is 5.75 Å². The van der Waals surface area contributed by atoms with Crippen LogP contribution in [-0.2, 0) is 13.5 Å². The van der Waals surface area contributed by atoms with Crippen LogP contribution < -0.4 is 10.4 Å². The zero-order chi connectivity index (χ0) is 17.3. The maximum atomic E-state index is 12.1. The zero-order valence-corrected chi connectivity index (χ0v) is 14.5. The highest BCUT2D eigenvalue weighted by atomic mass is 16.5. The first-order valence-corrected chi connectivity index (χ1v) is 8.12. The molecule has 0 saturated carbocycles. The van der Waals surface area contributed by atoms with Gasteiger partial charge in [0, 0.05) is 12.4 Å². The van der Waals surface area contributed by atoms with E-state index in [0.717, 1.165) is 28.8 Å². The molecule has 0 spiro atoms. The first kappa shape index (κ1) is 16.2. The van der Waals surface area contributed by atoms with Gasteiger partial charge in [0.25, 0.3) is 0 Å². The molecule has 0 N–H and O–H groups in total.